The van der Waals surface area contributed by atoms with Crippen LogP contribution < -0.4 is 5.32 Å². The molecule has 3 aromatic carbocycles. The summed E-state index contributed by atoms with van der Waals surface area (Å²) in [5, 5.41) is 13.3. The predicted octanol–water partition coefficient (Wildman–Crippen LogP) is 6.43. The topological polar surface area (TPSA) is 79.3 Å². The van der Waals surface area contributed by atoms with Gasteiger partial charge in [-0.1, -0.05) is 59.1 Å². The lowest BCUT2D eigenvalue weighted by atomic mass is 10.0. The number of hydrogen-bond donors (Lipinski definition) is 2. The number of rotatable bonds is 6. The summed E-state index contributed by atoms with van der Waals surface area (Å²) in [5.41, 5.74) is 1.85. The number of pyridine rings is 1. The molecule has 34 heavy (non-hydrogen) atoms. The van der Waals surface area contributed by atoms with Gasteiger partial charge in [0.25, 0.3) is 5.91 Å². The predicted molar refractivity (Wildman–Crippen MR) is 131 cm³/mol. The molecule has 0 saturated heterocycles. The Morgan fingerprint density at radius 3 is 2.29 bits per heavy atom. The number of nitrogens with one attached hydrogen (secondary N) is 1. The molecule has 172 valence electrons. The SMILES string of the molecule is O=C(NC(Cc1ccc2nc(-c3c(F)cccc3Cl)ccc2c1)C(=O)O)c1c(Cl)cccc1Cl. The molecule has 0 spiro atoms. The molecular weight excluding hydrogens is 502 g/mol. The molecule has 0 fully saturated rings. The number of halogens is 4. The Bertz CT molecular complexity index is 1390. The second-order valence-corrected chi connectivity index (χ2v) is 8.71. The third-order valence-corrected chi connectivity index (χ3v) is 6.15. The lowest BCUT2D eigenvalue weighted by Gasteiger charge is -2.16. The molecule has 0 bridgehead atoms. The summed E-state index contributed by atoms with van der Waals surface area (Å²) in [4.78, 5) is 29.0. The molecule has 1 aromatic heterocycles. The van der Waals surface area contributed by atoms with Crippen LogP contribution in [0.2, 0.25) is 15.1 Å². The summed E-state index contributed by atoms with van der Waals surface area (Å²) in [5.74, 6) is -2.37. The highest BCUT2D eigenvalue weighted by molar-refractivity contribution is 6.39. The van der Waals surface area contributed by atoms with Gasteiger partial charge in [0.15, 0.2) is 0 Å². The van der Waals surface area contributed by atoms with Crippen molar-refractivity contribution in [3.63, 3.8) is 0 Å². The molecule has 9 heteroatoms. The standard InChI is InChI=1S/C25H16Cl3FN2O3/c26-15-3-1-4-16(27)22(15)24(32)31-21(25(33)34)12-13-7-9-19-14(11-13)8-10-20(30-19)23-17(28)5-2-6-18(23)29/h1-11,21H,12H2,(H,31,32)(H,33,34). The highest BCUT2D eigenvalue weighted by Gasteiger charge is 2.24. The first kappa shape index (κ1) is 24.0. The number of carboxylic acid groups (broad SMARTS) is 1. The van der Waals surface area contributed by atoms with Gasteiger partial charge in [-0.25, -0.2) is 14.2 Å². The van der Waals surface area contributed by atoms with Gasteiger partial charge in [-0.3, -0.25) is 4.79 Å². The van der Waals surface area contributed by atoms with E-state index >= 15 is 0 Å². The maximum absolute atomic E-state index is 14.3. The van der Waals surface area contributed by atoms with Gasteiger partial charge in [0.1, 0.15) is 11.9 Å². The zero-order valence-corrected chi connectivity index (χ0v) is 19.6. The zero-order chi connectivity index (χ0) is 24.4. The maximum Gasteiger partial charge on any atom is 0.326 e. The van der Waals surface area contributed by atoms with Gasteiger partial charge in [-0.2, -0.15) is 0 Å². The quantitative estimate of drug-likeness (QED) is 0.309. The molecule has 4 rings (SSSR count). The number of aliphatic carboxylic acids is 1. The van der Waals surface area contributed by atoms with Crippen molar-refractivity contribution in [1.29, 1.82) is 0 Å². The van der Waals surface area contributed by atoms with Crippen molar-refractivity contribution in [2.45, 2.75) is 12.5 Å². The second kappa shape index (κ2) is 9.97. The van der Waals surface area contributed by atoms with Crippen LogP contribution in [0.3, 0.4) is 0 Å². The normalized spacial score (nSPS) is 11.9. The fraction of sp³-hybridized carbons (Fsp3) is 0.0800. The van der Waals surface area contributed by atoms with Crippen LogP contribution in [0.1, 0.15) is 15.9 Å². The van der Waals surface area contributed by atoms with Gasteiger partial charge < -0.3 is 10.4 Å². The number of carbonyl (C=O) groups is 2. The number of carbonyl (C=O) groups excluding carboxylic acids is 1. The van der Waals surface area contributed by atoms with E-state index in [0.717, 1.165) is 5.39 Å². The molecule has 0 aliphatic rings. The monoisotopic (exact) mass is 516 g/mol. The number of nitrogens with zero attached hydrogens (tertiary/aromatic N) is 1. The van der Waals surface area contributed by atoms with E-state index in [1.54, 1.807) is 42.5 Å². The molecule has 1 heterocycles. The third kappa shape index (κ3) is 4.99. The Balaban J connectivity index is 1.59. The van der Waals surface area contributed by atoms with E-state index in [-0.39, 0.29) is 32.6 Å². The second-order valence-electron chi connectivity index (χ2n) is 7.49. The fourth-order valence-corrected chi connectivity index (χ4v) is 4.39. The summed E-state index contributed by atoms with van der Waals surface area (Å²) >= 11 is 18.3. The summed E-state index contributed by atoms with van der Waals surface area (Å²) in [7, 11) is 0. The van der Waals surface area contributed by atoms with Crippen molar-refractivity contribution < 1.29 is 19.1 Å². The minimum atomic E-state index is -1.22. The van der Waals surface area contributed by atoms with Crippen LogP contribution in [0.5, 0.6) is 0 Å². The highest BCUT2D eigenvalue weighted by atomic mass is 35.5. The van der Waals surface area contributed by atoms with Gasteiger partial charge >= 0.3 is 5.97 Å². The van der Waals surface area contributed by atoms with Crippen molar-refractivity contribution in [2.24, 2.45) is 0 Å². The van der Waals surface area contributed by atoms with Crippen LogP contribution in [-0.2, 0) is 11.2 Å². The van der Waals surface area contributed by atoms with E-state index in [1.165, 1.54) is 24.3 Å². The average molecular weight is 518 g/mol. The summed E-state index contributed by atoms with van der Waals surface area (Å²) in [6.45, 7) is 0. The molecule has 0 radical (unpaired) electrons. The zero-order valence-electron chi connectivity index (χ0n) is 17.4. The van der Waals surface area contributed by atoms with Crippen molar-refractivity contribution in [2.75, 3.05) is 0 Å². The Morgan fingerprint density at radius 1 is 0.941 bits per heavy atom. The lowest BCUT2D eigenvalue weighted by Crippen LogP contribution is -2.42. The summed E-state index contributed by atoms with van der Waals surface area (Å²) in [6, 6.07) is 16.3. The van der Waals surface area contributed by atoms with E-state index in [1.807, 2.05) is 0 Å². The number of fused-ring (bicyclic) bond motifs is 1. The molecule has 2 N–H and O–H groups in total. The lowest BCUT2D eigenvalue weighted by molar-refractivity contribution is -0.139. The molecule has 0 aliphatic heterocycles. The van der Waals surface area contributed by atoms with Gasteiger partial charge in [-0.15, -0.1) is 0 Å². The molecular formula is C25H16Cl3FN2O3. The van der Waals surface area contributed by atoms with Crippen LogP contribution in [-0.4, -0.2) is 28.0 Å². The van der Waals surface area contributed by atoms with E-state index in [0.29, 0.717) is 16.8 Å². The summed E-state index contributed by atoms with van der Waals surface area (Å²) in [6.07, 6.45) is 0.0139. The fourth-order valence-electron chi connectivity index (χ4n) is 3.56. The smallest absolute Gasteiger partial charge is 0.326 e. The maximum atomic E-state index is 14.3. The first-order chi connectivity index (χ1) is 16.2. The van der Waals surface area contributed by atoms with Crippen molar-refractivity contribution >= 4 is 57.6 Å². The molecule has 5 nitrogen and oxygen atoms in total. The Morgan fingerprint density at radius 2 is 1.62 bits per heavy atom. The largest absolute Gasteiger partial charge is 0.480 e. The average Bonchev–Trinajstić information content (AvgIpc) is 2.78. The third-order valence-electron chi connectivity index (χ3n) is 5.21. The van der Waals surface area contributed by atoms with Crippen LogP contribution in [0, 0.1) is 5.82 Å². The first-order valence-electron chi connectivity index (χ1n) is 10.1. The van der Waals surface area contributed by atoms with Gasteiger partial charge in [-0.05, 0) is 48.0 Å². The highest BCUT2D eigenvalue weighted by Crippen LogP contribution is 2.31. The van der Waals surface area contributed by atoms with E-state index in [2.05, 4.69) is 10.3 Å². The minimum Gasteiger partial charge on any atom is -0.480 e. The van der Waals surface area contributed by atoms with E-state index in [4.69, 9.17) is 34.8 Å². The van der Waals surface area contributed by atoms with Gasteiger partial charge in [0, 0.05) is 11.8 Å². The number of hydrogen-bond acceptors (Lipinski definition) is 3. The molecule has 1 atom stereocenters. The molecule has 4 aromatic rings. The number of benzene rings is 3. The van der Waals surface area contributed by atoms with Crippen molar-refractivity contribution in [3.8, 4) is 11.3 Å². The molecule has 0 aliphatic carbocycles. The number of amides is 1. The van der Waals surface area contributed by atoms with Crippen molar-refractivity contribution in [3.05, 3.63) is 98.7 Å². The van der Waals surface area contributed by atoms with Gasteiger partial charge in [0.2, 0.25) is 0 Å². The molecule has 1 unspecified atom stereocenters. The van der Waals surface area contributed by atoms with Gasteiger partial charge in [0.05, 0.1) is 37.4 Å². The van der Waals surface area contributed by atoms with Crippen LogP contribution in [0.15, 0.2) is 66.7 Å². The first-order valence-corrected chi connectivity index (χ1v) is 11.2. The number of carboxylic acids is 1. The molecule has 1 amide bonds. The van der Waals surface area contributed by atoms with Crippen LogP contribution in [0.4, 0.5) is 4.39 Å². The van der Waals surface area contributed by atoms with E-state index < -0.39 is 23.7 Å². The Labute approximate surface area is 209 Å². The van der Waals surface area contributed by atoms with E-state index in [9.17, 15) is 19.1 Å². The Hall–Kier alpha value is -3.19. The van der Waals surface area contributed by atoms with Crippen LogP contribution in [0.25, 0.3) is 22.2 Å². The molecule has 0 saturated carbocycles. The number of aromatic nitrogens is 1. The Kier molecular flexibility index (Phi) is 7.03. The summed E-state index contributed by atoms with van der Waals surface area (Å²) < 4.78 is 14.3. The van der Waals surface area contributed by atoms with Crippen molar-refractivity contribution in [1.82, 2.24) is 10.3 Å². The van der Waals surface area contributed by atoms with Crippen LogP contribution >= 0.6 is 34.8 Å². The minimum absolute atomic E-state index is 0.0131.